The van der Waals surface area contributed by atoms with Gasteiger partial charge in [-0.15, -0.1) is 0 Å². The first-order valence-corrected chi connectivity index (χ1v) is 17.8. The Hall–Kier alpha value is -4.07. The van der Waals surface area contributed by atoms with Crippen molar-refractivity contribution in [2.75, 3.05) is 57.8 Å². The Morgan fingerprint density at radius 3 is 1.82 bits per heavy atom. The van der Waals surface area contributed by atoms with Gasteiger partial charge in [-0.1, -0.05) is 74.5 Å². The number of hydrogen-bond acceptors (Lipinski definition) is 4. The molecule has 2 aliphatic heterocycles. The highest BCUT2D eigenvalue weighted by atomic mass is 19.1. The van der Waals surface area contributed by atoms with Gasteiger partial charge in [0.2, 0.25) is 5.91 Å². The van der Waals surface area contributed by atoms with Gasteiger partial charge in [0.1, 0.15) is 22.8 Å². The number of para-hydroxylation sites is 2. The number of anilines is 1. The van der Waals surface area contributed by atoms with Crippen LogP contribution in [0.4, 0.5) is 14.5 Å². The van der Waals surface area contributed by atoms with E-state index < -0.39 is 5.41 Å². The van der Waals surface area contributed by atoms with Crippen LogP contribution in [0.15, 0.2) is 97.1 Å². The minimum Gasteiger partial charge on any atom is -0.493 e. The molecule has 1 saturated heterocycles. The minimum absolute atomic E-state index is 0.0561. The van der Waals surface area contributed by atoms with Crippen molar-refractivity contribution >= 4 is 11.6 Å². The Morgan fingerprint density at radius 2 is 1.22 bits per heavy atom. The first-order valence-electron chi connectivity index (χ1n) is 17.8. The van der Waals surface area contributed by atoms with Gasteiger partial charge < -0.3 is 19.4 Å². The Labute approximate surface area is 290 Å². The molecule has 1 amide bonds. The van der Waals surface area contributed by atoms with E-state index in [1.54, 1.807) is 4.90 Å². The zero-order valence-electron chi connectivity index (χ0n) is 29.1. The molecule has 2 aliphatic rings. The number of nitrogens with zero attached hydrogens (tertiary/aromatic N) is 3. The number of halogens is 2. The lowest BCUT2D eigenvalue weighted by molar-refractivity contribution is -0.122. The summed E-state index contributed by atoms with van der Waals surface area (Å²) in [7, 11) is 1.87. The summed E-state index contributed by atoms with van der Waals surface area (Å²) in [5.74, 6) is 0.579. The van der Waals surface area contributed by atoms with Crippen LogP contribution in [0.5, 0.6) is 5.75 Å². The lowest BCUT2D eigenvalue weighted by Gasteiger charge is -2.35. The van der Waals surface area contributed by atoms with Crippen LogP contribution >= 0.6 is 0 Å². The van der Waals surface area contributed by atoms with E-state index in [0.29, 0.717) is 6.61 Å². The van der Waals surface area contributed by atoms with E-state index in [9.17, 15) is 13.6 Å². The third-order valence-corrected chi connectivity index (χ3v) is 10.6. The maximum atomic E-state index is 13.9. The number of amides is 1. The van der Waals surface area contributed by atoms with Crippen molar-refractivity contribution in [2.45, 2.75) is 50.9 Å². The van der Waals surface area contributed by atoms with E-state index >= 15 is 0 Å². The molecule has 0 N–H and O–H groups in total. The molecule has 0 aromatic heterocycles. The Balaban J connectivity index is 0.961. The van der Waals surface area contributed by atoms with Crippen LogP contribution in [0.25, 0.3) is 0 Å². The Morgan fingerprint density at radius 1 is 0.694 bits per heavy atom. The second kappa shape index (κ2) is 15.6. The van der Waals surface area contributed by atoms with Crippen LogP contribution in [-0.2, 0) is 10.2 Å². The van der Waals surface area contributed by atoms with Gasteiger partial charge in [-0.25, -0.2) is 8.78 Å². The number of unbranched alkanes of at least 4 members (excludes halogenated alkanes) is 1. The maximum Gasteiger partial charge on any atom is 0.242 e. The van der Waals surface area contributed by atoms with E-state index in [1.165, 1.54) is 24.3 Å². The highest BCUT2D eigenvalue weighted by molar-refractivity contribution is 6.10. The summed E-state index contributed by atoms with van der Waals surface area (Å²) in [6, 6.07) is 29.6. The molecule has 258 valence electrons. The molecule has 0 aliphatic carbocycles. The number of rotatable bonds is 14. The van der Waals surface area contributed by atoms with Crippen molar-refractivity contribution in [2.24, 2.45) is 5.92 Å². The number of carbonyl (C=O) groups excluding carboxylic acids is 1. The third kappa shape index (κ3) is 7.43. The summed E-state index contributed by atoms with van der Waals surface area (Å²) in [5, 5.41) is 0. The Kier molecular flexibility index (Phi) is 11.1. The second-order valence-electron chi connectivity index (χ2n) is 13.9. The lowest BCUT2D eigenvalue weighted by atomic mass is 9.67. The van der Waals surface area contributed by atoms with E-state index in [1.807, 2.05) is 67.7 Å². The fourth-order valence-electron chi connectivity index (χ4n) is 7.93. The quantitative estimate of drug-likeness (QED) is 0.127. The standard InChI is InChI=1S/C42H49F2N3O2/c1-31(2)42(37-12-4-6-14-39(37)45(3)41(42)48)38-13-5-7-15-40(38)49-30-9-8-24-46-26-28-47(29-27-46)25-10-11-36(32-16-20-34(43)21-17-32)33-18-22-35(44)23-19-33/h4-7,12-23,31,36H,8-11,24-30H2,1-3H3. The van der Waals surface area contributed by atoms with Crippen molar-refractivity contribution < 1.29 is 18.3 Å². The van der Waals surface area contributed by atoms with Crippen LogP contribution in [0, 0.1) is 17.6 Å². The normalized spacial score (nSPS) is 18.4. The van der Waals surface area contributed by atoms with Crippen LogP contribution in [0.2, 0.25) is 0 Å². The van der Waals surface area contributed by atoms with Crippen molar-refractivity contribution in [3.8, 4) is 5.75 Å². The molecule has 0 bridgehead atoms. The van der Waals surface area contributed by atoms with Crippen LogP contribution in [0.3, 0.4) is 0 Å². The molecule has 0 radical (unpaired) electrons. The molecule has 7 heteroatoms. The summed E-state index contributed by atoms with van der Waals surface area (Å²) in [6.45, 7) is 11.1. The summed E-state index contributed by atoms with van der Waals surface area (Å²) >= 11 is 0. The average molecular weight is 666 g/mol. The largest absolute Gasteiger partial charge is 0.493 e. The zero-order chi connectivity index (χ0) is 34.4. The molecule has 0 spiro atoms. The predicted molar refractivity (Wildman–Crippen MR) is 193 cm³/mol. The molecular weight excluding hydrogens is 616 g/mol. The summed E-state index contributed by atoms with van der Waals surface area (Å²) < 4.78 is 33.7. The summed E-state index contributed by atoms with van der Waals surface area (Å²) in [6.07, 6.45) is 3.95. The molecule has 6 rings (SSSR count). The van der Waals surface area contributed by atoms with Crippen LogP contribution < -0.4 is 9.64 Å². The van der Waals surface area contributed by atoms with Gasteiger partial charge in [0.05, 0.1) is 6.61 Å². The smallest absolute Gasteiger partial charge is 0.242 e. The first-order chi connectivity index (χ1) is 23.8. The highest BCUT2D eigenvalue weighted by Gasteiger charge is 2.54. The fraction of sp³-hybridized carbons (Fsp3) is 0.405. The molecule has 0 saturated carbocycles. The molecule has 49 heavy (non-hydrogen) atoms. The van der Waals surface area contributed by atoms with Gasteiger partial charge in [0.25, 0.3) is 0 Å². The molecule has 4 aromatic carbocycles. The first kappa shape index (κ1) is 34.8. The van der Waals surface area contributed by atoms with Gasteiger partial charge in [-0.2, -0.15) is 0 Å². The van der Waals surface area contributed by atoms with Crippen LogP contribution in [0.1, 0.15) is 67.7 Å². The molecule has 2 heterocycles. The van der Waals surface area contributed by atoms with Crippen molar-refractivity contribution in [3.05, 3.63) is 131 Å². The lowest BCUT2D eigenvalue weighted by Crippen LogP contribution is -2.46. The topological polar surface area (TPSA) is 36.0 Å². The molecule has 5 nitrogen and oxygen atoms in total. The number of hydrogen-bond donors (Lipinski definition) is 0. The van der Waals surface area contributed by atoms with Gasteiger partial charge in [0, 0.05) is 50.4 Å². The fourth-order valence-corrected chi connectivity index (χ4v) is 7.93. The number of fused-ring (bicyclic) bond motifs is 1. The number of likely N-dealkylation sites (N-methyl/N-ethyl adjacent to an activating group) is 1. The number of ether oxygens (including phenoxy) is 1. The van der Waals surface area contributed by atoms with E-state index in [2.05, 4.69) is 35.8 Å². The van der Waals surface area contributed by atoms with Gasteiger partial charge in [-0.3, -0.25) is 4.79 Å². The van der Waals surface area contributed by atoms with E-state index in [-0.39, 0.29) is 29.4 Å². The van der Waals surface area contributed by atoms with Crippen molar-refractivity contribution in [3.63, 3.8) is 0 Å². The average Bonchev–Trinajstić information content (AvgIpc) is 3.35. The number of benzene rings is 4. The number of piperazine rings is 1. The third-order valence-electron chi connectivity index (χ3n) is 10.6. The van der Waals surface area contributed by atoms with Gasteiger partial charge in [-0.05, 0) is 97.8 Å². The molecule has 1 fully saturated rings. The second-order valence-corrected chi connectivity index (χ2v) is 13.9. The summed E-state index contributed by atoms with van der Waals surface area (Å²) in [4.78, 5) is 20.8. The van der Waals surface area contributed by atoms with Gasteiger partial charge >= 0.3 is 0 Å². The number of carbonyl (C=O) groups is 1. The zero-order valence-corrected chi connectivity index (χ0v) is 29.1. The van der Waals surface area contributed by atoms with Gasteiger partial charge in [0.15, 0.2) is 0 Å². The Bertz CT molecular complexity index is 1640. The molecule has 1 atom stereocenters. The highest BCUT2D eigenvalue weighted by Crippen LogP contribution is 2.52. The minimum atomic E-state index is -0.773. The maximum absolute atomic E-state index is 13.9. The molecule has 1 unspecified atom stereocenters. The summed E-state index contributed by atoms with van der Waals surface area (Å²) in [5.41, 5.74) is 4.32. The molecule has 4 aromatic rings. The van der Waals surface area contributed by atoms with Crippen molar-refractivity contribution in [1.29, 1.82) is 0 Å². The predicted octanol–water partition coefficient (Wildman–Crippen LogP) is 8.27. The van der Waals surface area contributed by atoms with Crippen molar-refractivity contribution in [1.82, 2.24) is 9.80 Å². The van der Waals surface area contributed by atoms with Crippen LogP contribution in [-0.4, -0.2) is 68.6 Å². The molecular formula is C42H49F2N3O2. The SMILES string of the molecule is CC(C)C1(c2ccccc2OCCCCN2CCN(CCCC(c3ccc(F)cc3)c3ccc(F)cc3)CC2)C(=O)N(C)c2ccccc21. The van der Waals surface area contributed by atoms with E-state index in [0.717, 1.165) is 98.6 Å². The van der Waals surface area contributed by atoms with E-state index in [4.69, 9.17) is 4.74 Å². The monoisotopic (exact) mass is 665 g/mol.